The molecule has 1 aromatic rings. The number of rotatable bonds is 5. The predicted octanol–water partition coefficient (Wildman–Crippen LogP) is 2.62. The fraction of sp³-hybridized carbons (Fsp3) is 0.400. The van der Waals surface area contributed by atoms with Gasteiger partial charge < -0.3 is 10.1 Å². The van der Waals surface area contributed by atoms with Gasteiger partial charge in [-0.2, -0.15) is 0 Å². The Bertz CT molecular complexity index is 455. The average molecular weight is 245 g/mol. The first kappa shape index (κ1) is 14.1. The highest BCUT2D eigenvalue weighted by atomic mass is 16.5. The van der Waals surface area contributed by atoms with Gasteiger partial charge >= 0.3 is 0 Å². The van der Waals surface area contributed by atoms with Gasteiger partial charge in [0.15, 0.2) is 0 Å². The van der Waals surface area contributed by atoms with Gasteiger partial charge in [0.25, 0.3) is 5.91 Å². The molecule has 0 aliphatic heterocycles. The third-order valence-electron chi connectivity index (χ3n) is 2.18. The van der Waals surface area contributed by atoms with Crippen LogP contribution in [-0.4, -0.2) is 18.6 Å². The molecule has 1 aromatic carbocycles. The lowest BCUT2D eigenvalue weighted by atomic mass is 10.2. The van der Waals surface area contributed by atoms with E-state index in [1.54, 1.807) is 19.1 Å². The van der Waals surface area contributed by atoms with Crippen LogP contribution in [0.1, 0.15) is 37.6 Å². The van der Waals surface area contributed by atoms with Crippen molar-refractivity contribution in [1.82, 2.24) is 5.32 Å². The van der Waals surface area contributed by atoms with Gasteiger partial charge in [0.1, 0.15) is 5.75 Å². The van der Waals surface area contributed by atoms with Crippen LogP contribution in [-0.2, 0) is 0 Å². The van der Waals surface area contributed by atoms with E-state index in [4.69, 9.17) is 4.74 Å². The van der Waals surface area contributed by atoms with Gasteiger partial charge in [-0.05, 0) is 39.0 Å². The molecule has 1 rings (SSSR count). The third kappa shape index (κ3) is 4.92. The second-order valence-corrected chi connectivity index (χ2v) is 4.13. The number of hydrogen-bond donors (Lipinski definition) is 1. The van der Waals surface area contributed by atoms with Crippen molar-refractivity contribution in [3.8, 4) is 17.6 Å². The van der Waals surface area contributed by atoms with E-state index in [1.165, 1.54) is 0 Å². The molecule has 0 heterocycles. The van der Waals surface area contributed by atoms with Gasteiger partial charge in [0, 0.05) is 18.5 Å². The Labute approximate surface area is 109 Å². The second-order valence-electron chi connectivity index (χ2n) is 4.13. The smallest absolute Gasteiger partial charge is 0.251 e. The van der Waals surface area contributed by atoms with E-state index in [0.717, 1.165) is 0 Å². The van der Waals surface area contributed by atoms with Gasteiger partial charge in [0.2, 0.25) is 0 Å². The SMILES string of the molecule is CC#CCCNC(=O)c1cccc(OC(C)C)c1. The molecule has 0 aliphatic rings. The lowest BCUT2D eigenvalue weighted by Gasteiger charge is -2.10. The summed E-state index contributed by atoms with van der Waals surface area (Å²) in [5, 5.41) is 2.82. The van der Waals surface area contributed by atoms with Crippen LogP contribution >= 0.6 is 0 Å². The summed E-state index contributed by atoms with van der Waals surface area (Å²) in [5.41, 5.74) is 0.609. The summed E-state index contributed by atoms with van der Waals surface area (Å²) in [7, 11) is 0. The number of carbonyl (C=O) groups is 1. The molecule has 18 heavy (non-hydrogen) atoms. The summed E-state index contributed by atoms with van der Waals surface area (Å²) in [5.74, 6) is 6.31. The van der Waals surface area contributed by atoms with Crippen LogP contribution in [0.15, 0.2) is 24.3 Å². The highest BCUT2D eigenvalue weighted by Gasteiger charge is 2.06. The Morgan fingerprint density at radius 2 is 2.22 bits per heavy atom. The molecular formula is C15H19NO2. The van der Waals surface area contributed by atoms with E-state index >= 15 is 0 Å². The molecule has 0 unspecified atom stereocenters. The predicted molar refractivity (Wildman–Crippen MR) is 72.6 cm³/mol. The van der Waals surface area contributed by atoms with E-state index in [-0.39, 0.29) is 12.0 Å². The Morgan fingerprint density at radius 1 is 1.44 bits per heavy atom. The first-order valence-corrected chi connectivity index (χ1v) is 6.08. The quantitative estimate of drug-likeness (QED) is 0.639. The number of ether oxygens (including phenoxy) is 1. The maximum Gasteiger partial charge on any atom is 0.251 e. The normalized spacial score (nSPS) is 9.56. The fourth-order valence-electron chi connectivity index (χ4n) is 1.45. The van der Waals surface area contributed by atoms with Crippen LogP contribution in [0, 0.1) is 11.8 Å². The van der Waals surface area contributed by atoms with Crippen molar-refractivity contribution in [1.29, 1.82) is 0 Å². The number of amides is 1. The fourth-order valence-corrected chi connectivity index (χ4v) is 1.45. The van der Waals surface area contributed by atoms with Crippen molar-refractivity contribution in [2.45, 2.75) is 33.3 Å². The van der Waals surface area contributed by atoms with Crippen LogP contribution in [0.2, 0.25) is 0 Å². The van der Waals surface area contributed by atoms with Crippen molar-refractivity contribution in [3.05, 3.63) is 29.8 Å². The zero-order chi connectivity index (χ0) is 13.4. The molecular weight excluding hydrogens is 226 g/mol. The molecule has 0 spiro atoms. The molecule has 1 N–H and O–H groups in total. The van der Waals surface area contributed by atoms with Gasteiger partial charge in [-0.15, -0.1) is 11.8 Å². The van der Waals surface area contributed by atoms with Gasteiger partial charge in [-0.25, -0.2) is 0 Å². The molecule has 0 radical (unpaired) electrons. The summed E-state index contributed by atoms with van der Waals surface area (Å²) in [4.78, 5) is 11.8. The first-order valence-electron chi connectivity index (χ1n) is 6.08. The van der Waals surface area contributed by atoms with Crippen molar-refractivity contribution in [2.75, 3.05) is 6.54 Å². The molecule has 3 heteroatoms. The first-order chi connectivity index (χ1) is 8.63. The lowest BCUT2D eigenvalue weighted by Crippen LogP contribution is -2.24. The van der Waals surface area contributed by atoms with Gasteiger partial charge in [-0.3, -0.25) is 4.79 Å². The van der Waals surface area contributed by atoms with E-state index in [1.807, 2.05) is 26.0 Å². The maximum atomic E-state index is 11.8. The van der Waals surface area contributed by atoms with E-state index in [9.17, 15) is 4.79 Å². The van der Waals surface area contributed by atoms with E-state index in [2.05, 4.69) is 17.2 Å². The number of benzene rings is 1. The Morgan fingerprint density at radius 3 is 2.89 bits per heavy atom. The second kappa shape index (κ2) is 7.39. The summed E-state index contributed by atoms with van der Waals surface area (Å²) in [6.07, 6.45) is 0.771. The van der Waals surface area contributed by atoms with Crippen molar-refractivity contribution in [3.63, 3.8) is 0 Å². The number of carbonyl (C=O) groups excluding carboxylic acids is 1. The highest BCUT2D eigenvalue weighted by molar-refractivity contribution is 5.94. The Kier molecular flexibility index (Phi) is 5.79. The summed E-state index contributed by atoms with van der Waals surface area (Å²) < 4.78 is 5.55. The summed E-state index contributed by atoms with van der Waals surface area (Å²) in [6.45, 7) is 6.26. The van der Waals surface area contributed by atoms with Crippen molar-refractivity contribution < 1.29 is 9.53 Å². The molecule has 0 bridgehead atoms. The molecule has 3 nitrogen and oxygen atoms in total. The minimum atomic E-state index is -0.0953. The van der Waals surface area contributed by atoms with Crippen molar-refractivity contribution in [2.24, 2.45) is 0 Å². The van der Waals surface area contributed by atoms with Crippen molar-refractivity contribution >= 4 is 5.91 Å². The van der Waals surface area contributed by atoms with Crippen LogP contribution in [0.3, 0.4) is 0 Å². The van der Waals surface area contributed by atoms with Crippen LogP contribution in [0.4, 0.5) is 0 Å². The topological polar surface area (TPSA) is 38.3 Å². The van der Waals surface area contributed by atoms with Gasteiger partial charge in [-0.1, -0.05) is 6.07 Å². The zero-order valence-corrected chi connectivity index (χ0v) is 11.1. The van der Waals surface area contributed by atoms with Crippen LogP contribution in [0.5, 0.6) is 5.75 Å². The lowest BCUT2D eigenvalue weighted by molar-refractivity contribution is 0.0954. The average Bonchev–Trinajstić information content (AvgIpc) is 2.34. The Hall–Kier alpha value is -1.95. The van der Waals surface area contributed by atoms with Crippen LogP contribution < -0.4 is 10.1 Å². The van der Waals surface area contributed by atoms with Gasteiger partial charge in [0.05, 0.1) is 6.10 Å². The summed E-state index contributed by atoms with van der Waals surface area (Å²) >= 11 is 0. The molecule has 0 atom stereocenters. The third-order valence-corrected chi connectivity index (χ3v) is 2.18. The van der Waals surface area contributed by atoms with E-state index < -0.39 is 0 Å². The van der Waals surface area contributed by atoms with Crippen LogP contribution in [0.25, 0.3) is 0 Å². The minimum Gasteiger partial charge on any atom is -0.491 e. The molecule has 96 valence electrons. The molecule has 0 saturated carbocycles. The summed E-state index contributed by atoms with van der Waals surface area (Å²) in [6, 6.07) is 7.19. The van der Waals surface area contributed by atoms with E-state index in [0.29, 0.717) is 24.3 Å². The highest BCUT2D eigenvalue weighted by Crippen LogP contribution is 2.14. The molecule has 0 aliphatic carbocycles. The monoisotopic (exact) mass is 245 g/mol. The maximum absolute atomic E-state index is 11.8. The molecule has 0 saturated heterocycles. The molecule has 0 aromatic heterocycles. The molecule has 1 amide bonds. The standard InChI is InChI=1S/C15H19NO2/c1-4-5-6-10-16-15(17)13-8-7-9-14(11-13)18-12(2)3/h7-9,11-12H,6,10H2,1-3H3,(H,16,17). The largest absolute Gasteiger partial charge is 0.491 e. The minimum absolute atomic E-state index is 0.0953. The Balaban J connectivity index is 2.58. The molecule has 0 fully saturated rings. The zero-order valence-electron chi connectivity index (χ0n) is 11.1. The number of nitrogens with one attached hydrogen (secondary N) is 1. The number of hydrogen-bond acceptors (Lipinski definition) is 2.